The zero-order valence-electron chi connectivity index (χ0n) is 11.2. The first-order valence-corrected chi connectivity index (χ1v) is 7.15. The number of rotatable bonds is 5. The van der Waals surface area contributed by atoms with Gasteiger partial charge in [0.15, 0.2) is 0 Å². The third-order valence-corrected chi connectivity index (χ3v) is 3.75. The Balaban J connectivity index is 2.22. The lowest BCUT2D eigenvalue weighted by Gasteiger charge is -2.31. The van der Waals surface area contributed by atoms with Crippen LogP contribution in [-0.2, 0) is 11.3 Å². The maximum absolute atomic E-state index is 6.29. The zero-order valence-corrected chi connectivity index (χ0v) is 11.9. The van der Waals surface area contributed by atoms with Crippen molar-refractivity contribution in [1.82, 2.24) is 15.1 Å². The monoisotopic (exact) mass is 271 g/mol. The molecular weight excluding hydrogens is 250 g/mol. The van der Waals surface area contributed by atoms with E-state index in [0.717, 1.165) is 43.1 Å². The van der Waals surface area contributed by atoms with Crippen LogP contribution >= 0.6 is 11.6 Å². The summed E-state index contributed by atoms with van der Waals surface area (Å²) in [6.45, 7) is 3.89. The maximum Gasteiger partial charge on any atom is 0.0835 e. The van der Waals surface area contributed by atoms with E-state index in [9.17, 15) is 0 Å². The molecule has 1 fully saturated rings. The van der Waals surface area contributed by atoms with E-state index in [1.165, 1.54) is 6.42 Å². The summed E-state index contributed by atoms with van der Waals surface area (Å²) in [5.74, 6) is 0. The van der Waals surface area contributed by atoms with Crippen molar-refractivity contribution in [2.24, 2.45) is 0 Å². The van der Waals surface area contributed by atoms with E-state index in [-0.39, 0.29) is 12.1 Å². The Labute approximate surface area is 114 Å². The average Bonchev–Trinajstić information content (AvgIpc) is 2.75. The second kappa shape index (κ2) is 6.55. The van der Waals surface area contributed by atoms with Crippen molar-refractivity contribution in [3.63, 3.8) is 0 Å². The standard InChI is InChI=1S/C13H22ClN3O/c1-3-7-17-13(10(14)9-16-17)12(15-2)11-6-4-5-8-18-11/h9,11-12,15H,3-8H2,1-2H3. The molecule has 0 amide bonds. The quantitative estimate of drug-likeness (QED) is 0.895. The fourth-order valence-electron chi connectivity index (χ4n) is 2.60. The summed E-state index contributed by atoms with van der Waals surface area (Å²) >= 11 is 6.29. The fraction of sp³-hybridized carbons (Fsp3) is 0.769. The molecule has 1 aromatic heterocycles. The van der Waals surface area contributed by atoms with Crippen LogP contribution in [0.25, 0.3) is 0 Å². The van der Waals surface area contributed by atoms with Crippen LogP contribution in [0, 0.1) is 0 Å². The minimum absolute atomic E-state index is 0.131. The Morgan fingerprint density at radius 3 is 3.06 bits per heavy atom. The van der Waals surface area contributed by atoms with E-state index in [0.29, 0.717) is 0 Å². The van der Waals surface area contributed by atoms with Gasteiger partial charge in [-0.25, -0.2) is 0 Å². The van der Waals surface area contributed by atoms with Crippen LogP contribution in [0.1, 0.15) is 44.3 Å². The first-order chi connectivity index (χ1) is 8.77. The molecule has 0 radical (unpaired) electrons. The number of nitrogens with zero attached hydrogens (tertiary/aromatic N) is 2. The summed E-state index contributed by atoms with van der Waals surface area (Å²) in [6.07, 6.45) is 6.46. The van der Waals surface area contributed by atoms with Gasteiger partial charge in [0.25, 0.3) is 0 Å². The largest absolute Gasteiger partial charge is 0.376 e. The predicted molar refractivity (Wildman–Crippen MR) is 72.9 cm³/mol. The molecule has 2 unspecified atom stereocenters. The Morgan fingerprint density at radius 1 is 1.61 bits per heavy atom. The number of hydrogen-bond acceptors (Lipinski definition) is 3. The summed E-state index contributed by atoms with van der Waals surface area (Å²) in [7, 11) is 1.96. The van der Waals surface area contributed by atoms with Crippen LogP contribution in [-0.4, -0.2) is 29.5 Å². The van der Waals surface area contributed by atoms with Crippen LogP contribution in [0.4, 0.5) is 0 Å². The van der Waals surface area contributed by atoms with Gasteiger partial charge in [0.1, 0.15) is 0 Å². The molecular formula is C13H22ClN3O. The molecule has 2 atom stereocenters. The van der Waals surface area contributed by atoms with E-state index in [1.807, 2.05) is 11.7 Å². The summed E-state index contributed by atoms with van der Waals surface area (Å²) in [5, 5.41) is 8.44. The van der Waals surface area contributed by atoms with Crippen molar-refractivity contribution in [3.05, 3.63) is 16.9 Å². The molecule has 2 heterocycles. The Kier molecular flexibility index (Phi) is 5.03. The van der Waals surface area contributed by atoms with Crippen LogP contribution in [0.15, 0.2) is 6.20 Å². The van der Waals surface area contributed by atoms with Gasteiger partial charge in [-0.3, -0.25) is 4.68 Å². The number of hydrogen-bond donors (Lipinski definition) is 1. The number of aryl methyl sites for hydroxylation is 1. The molecule has 0 saturated carbocycles. The van der Waals surface area contributed by atoms with Gasteiger partial charge in [-0.05, 0) is 32.7 Å². The minimum Gasteiger partial charge on any atom is -0.376 e. The van der Waals surface area contributed by atoms with Gasteiger partial charge in [-0.15, -0.1) is 0 Å². The van der Waals surface area contributed by atoms with Crippen molar-refractivity contribution >= 4 is 11.6 Å². The lowest BCUT2D eigenvalue weighted by molar-refractivity contribution is -0.00840. The Bertz CT molecular complexity index is 374. The lowest BCUT2D eigenvalue weighted by Crippen LogP contribution is -2.35. The summed E-state index contributed by atoms with van der Waals surface area (Å²) in [6, 6.07) is 0.131. The molecule has 18 heavy (non-hydrogen) atoms. The van der Waals surface area contributed by atoms with Crippen LogP contribution in [0.2, 0.25) is 5.02 Å². The van der Waals surface area contributed by atoms with Crippen LogP contribution in [0.5, 0.6) is 0 Å². The summed E-state index contributed by atoms with van der Waals surface area (Å²) in [4.78, 5) is 0. The third kappa shape index (κ3) is 2.87. The first kappa shape index (κ1) is 13.8. The van der Waals surface area contributed by atoms with Gasteiger partial charge < -0.3 is 10.1 Å². The van der Waals surface area contributed by atoms with Gasteiger partial charge in [0.05, 0.1) is 29.1 Å². The molecule has 1 saturated heterocycles. The minimum atomic E-state index is 0.131. The highest BCUT2D eigenvalue weighted by Crippen LogP contribution is 2.30. The van der Waals surface area contributed by atoms with E-state index >= 15 is 0 Å². The second-order valence-electron chi connectivity index (χ2n) is 4.77. The number of likely N-dealkylation sites (N-methyl/N-ethyl adjacent to an activating group) is 1. The first-order valence-electron chi connectivity index (χ1n) is 6.78. The molecule has 4 nitrogen and oxygen atoms in total. The van der Waals surface area contributed by atoms with Crippen LogP contribution < -0.4 is 5.32 Å². The van der Waals surface area contributed by atoms with Crippen molar-refractivity contribution in [1.29, 1.82) is 0 Å². The Morgan fingerprint density at radius 2 is 2.44 bits per heavy atom. The SMILES string of the molecule is CCCn1ncc(Cl)c1C(NC)C1CCCCO1. The van der Waals surface area contributed by atoms with Gasteiger partial charge >= 0.3 is 0 Å². The third-order valence-electron chi connectivity index (χ3n) is 3.46. The highest BCUT2D eigenvalue weighted by molar-refractivity contribution is 6.31. The molecule has 1 aliphatic rings. The zero-order chi connectivity index (χ0) is 13.0. The van der Waals surface area contributed by atoms with E-state index in [4.69, 9.17) is 16.3 Å². The highest BCUT2D eigenvalue weighted by atomic mass is 35.5. The molecule has 1 aliphatic heterocycles. The van der Waals surface area contributed by atoms with E-state index in [1.54, 1.807) is 6.20 Å². The average molecular weight is 272 g/mol. The van der Waals surface area contributed by atoms with Crippen molar-refractivity contribution in [2.75, 3.05) is 13.7 Å². The van der Waals surface area contributed by atoms with Gasteiger partial charge in [-0.1, -0.05) is 18.5 Å². The number of nitrogens with one attached hydrogen (secondary N) is 1. The molecule has 1 aromatic rings. The van der Waals surface area contributed by atoms with E-state index in [2.05, 4.69) is 17.3 Å². The molecule has 1 N–H and O–H groups in total. The topological polar surface area (TPSA) is 39.1 Å². The number of halogens is 1. The Hall–Kier alpha value is -0.580. The molecule has 102 valence electrons. The molecule has 0 aliphatic carbocycles. The molecule has 0 aromatic carbocycles. The van der Waals surface area contributed by atoms with Crippen molar-refractivity contribution in [2.45, 2.75) is 51.3 Å². The number of aromatic nitrogens is 2. The van der Waals surface area contributed by atoms with Crippen molar-refractivity contribution in [3.8, 4) is 0 Å². The molecule has 0 spiro atoms. The normalized spacial score (nSPS) is 22.1. The molecule has 0 bridgehead atoms. The lowest BCUT2D eigenvalue weighted by atomic mass is 9.99. The summed E-state index contributed by atoms with van der Waals surface area (Å²) in [5.41, 5.74) is 1.06. The second-order valence-corrected chi connectivity index (χ2v) is 5.18. The van der Waals surface area contributed by atoms with Gasteiger partial charge in [0.2, 0.25) is 0 Å². The van der Waals surface area contributed by atoms with Crippen molar-refractivity contribution < 1.29 is 4.74 Å². The maximum atomic E-state index is 6.29. The fourth-order valence-corrected chi connectivity index (χ4v) is 2.86. The number of ether oxygens (including phenoxy) is 1. The molecule has 2 rings (SSSR count). The van der Waals surface area contributed by atoms with Gasteiger partial charge in [0, 0.05) is 13.2 Å². The van der Waals surface area contributed by atoms with E-state index < -0.39 is 0 Å². The smallest absolute Gasteiger partial charge is 0.0835 e. The van der Waals surface area contributed by atoms with Gasteiger partial charge in [-0.2, -0.15) is 5.10 Å². The highest BCUT2D eigenvalue weighted by Gasteiger charge is 2.29. The predicted octanol–water partition coefficient (Wildman–Crippen LogP) is 2.78. The molecule has 5 heteroatoms. The van der Waals surface area contributed by atoms with Crippen LogP contribution in [0.3, 0.4) is 0 Å². The summed E-state index contributed by atoms with van der Waals surface area (Å²) < 4.78 is 7.88.